The highest BCUT2D eigenvalue weighted by Crippen LogP contribution is 2.36. The minimum absolute atomic E-state index is 0.0126. The number of aromatic nitrogens is 3. The molecule has 3 amide bonds. The van der Waals surface area contributed by atoms with Crippen LogP contribution in [0, 0.1) is 6.92 Å². The second-order valence-corrected chi connectivity index (χ2v) is 6.64. The molecule has 2 aromatic rings. The van der Waals surface area contributed by atoms with Gasteiger partial charge in [-0.1, -0.05) is 22.9 Å². The Bertz CT molecular complexity index is 904. The summed E-state index contributed by atoms with van der Waals surface area (Å²) in [6.45, 7) is 4.33. The van der Waals surface area contributed by atoms with E-state index in [1.165, 1.54) is 15.8 Å². The Hall–Kier alpha value is -3.23. The van der Waals surface area contributed by atoms with Crippen LogP contribution in [-0.2, 0) is 16.1 Å². The fourth-order valence-corrected chi connectivity index (χ4v) is 2.99. The van der Waals surface area contributed by atoms with Crippen molar-refractivity contribution < 1.29 is 14.4 Å². The van der Waals surface area contributed by atoms with Crippen molar-refractivity contribution >= 4 is 23.4 Å². The van der Waals surface area contributed by atoms with Crippen LogP contribution in [0.4, 0.5) is 5.69 Å². The van der Waals surface area contributed by atoms with Crippen molar-refractivity contribution in [3.05, 3.63) is 41.2 Å². The number of hydrogen-bond donors (Lipinski definition) is 1. The maximum absolute atomic E-state index is 12.7. The van der Waals surface area contributed by atoms with Crippen molar-refractivity contribution in [2.75, 3.05) is 25.5 Å². The molecule has 0 saturated heterocycles. The predicted molar refractivity (Wildman–Crippen MR) is 98.1 cm³/mol. The van der Waals surface area contributed by atoms with Crippen LogP contribution in [0.15, 0.2) is 24.4 Å². The number of anilines is 1. The van der Waals surface area contributed by atoms with Gasteiger partial charge in [-0.05, 0) is 19.9 Å². The summed E-state index contributed by atoms with van der Waals surface area (Å²) >= 11 is 0. The summed E-state index contributed by atoms with van der Waals surface area (Å²) < 4.78 is 1.30. The number of nitrogens with one attached hydrogen (secondary N) is 1. The summed E-state index contributed by atoms with van der Waals surface area (Å²) in [6.07, 6.45) is 1.39. The molecule has 142 valence electrons. The predicted octanol–water partition coefficient (Wildman–Crippen LogP) is 0.512. The zero-order valence-corrected chi connectivity index (χ0v) is 15.8. The lowest BCUT2D eigenvalue weighted by Crippen LogP contribution is -2.37. The lowest BCUT2D eigenvalue weighted by molar-refractivity contribution is -0.129. The van der Waals surface area contributed by atoms with Crippen LogP contribution in [-0.4, -0.2) is 58.3 Å². The van der Waals surface area contributed by atoms with E-state index in [9.17, 15) is 14.4 Å². The van der Waals surface area contributed by atoms with E-state index in [0.717, 1.165) is 16.8 Å². The minimum Gasteiger partial charge on any atom is -0.347 e. The Kier molecular flexibility index (Phi) is 4.93. The molecule has 0 aliphatic carbocycles. The average molecular weight is 370 g/mol. The molecule has 1 N–H and O–H groups in total. The molecule has 0 bridgehead atoms. The lowest BCUT2D eigenvalue weighted by Gasteiger charge is -2.15. The van der Waals surface area contributed by atoms with Gasteiger partial charge in [-0.15, -0.1) is 5.10 Å². The first-order chi connectivity index (χ1) is 12.8. The fourth-order valence-electron chi connectivity index (χ4n) is 2.99. The van der Waals surface area contributed by atoms with E-state index in [1.807, 2.05) is 32.0 Å². The van der Waals surface area contributed by atoms with Crippen LogP contribution < -0.4 is 10.2 Å². The molecule has 27 heavy (non-hydrogen) atoms. The Morgan fingerprint density at radius 1 is 1.30 bits per heavy atom. The van der Waals surface area contributed by atoms with E-state index in [4.69, 9.17) is 0 Å². The first-order valence-corrected chi connectivity index (χ1v) is 8.65. The third-order valence-electron chi connectivity index (χ3n) is 4.46. The Labute approximate surface area is 156 Å². The molecule has 2 heterocycles. The van der Waals surface area contributed by atoms with Crippen LogP contribution >= 0.6 is 0 Å². The smallest absolute Gasteiger partial charge is 0.274 e. The van der Waals surface area contributed by atoms with E-state index >= 15 is 0 Å². The molecule has 1 atom stereocenters. The molecule has 1 unspecified atom stereocenters. The zero-order valence-electron chi connectivity index (χ0n) is 15.8. The molecule has 0 saturated carbocycles. The number of likely N-dealkylation sites (N-methyl/N-ethyl adjacent to an activating group) is 2. The molecule has 1 aliphatic rings. The van der Waals surface area contributed by atoms with Gasteiger partial charge in [0.2, 0.25) is 5.91 Å². The summed E-state index contributed by atoms with van der Waals surface area (Å²) in [7, 11) is 3.27. The molecule has 9 heteroatoms. The van der Waals surface area contributed by atoms with Gasteiger partial charge in [-0.3, -0.25) is 14.4 Å². The maximum atomic E-state index is 12.7. The van der Waals surface area contributed by atoms with Crippen LogP contribution in [0.25, 0.3) is 0 Å². The summed E-state index contributed by atoms with van der Waals surface area (Å²) in [4.78, 5) is 40.1. The van der Waals surface area contributed by atoms with Gasteiger partial charge in [0.1, 0.15) is 12.6 Å². The second-order valence-electron chi connectivity index (χ2n) is 6.64. The van der Waals surface area contributed by atoms with E-state index in [1.54, 1.807) is 19.0 Å². The van der Waals surface area contributed by atoms with Gasteiger partial charge in [0.05, 0.1) is 6.20 Å². The van der Waals surface area contributed by atoms with E-state index < -0.39 is 11.9 Å². The molecule has 3 rings (SSSR count). The quantitative estimate of drug-likeness (QED) is 0.827. The molecular formula is C18H22N6O3. The van der Waals surface area contributed by atoms with Crippen molar-refractivity contribution in [2.24, 2.45) is 0 Å². The Morgan fingerprint density at radius 3 is 2.70 bits per heavy atom. The van der Waals surface area contributed by atoms with Crippen LogP contribution in [0.3, 0.4) is 0 Å². The summed E-state index contributed by atoms with van der Waals surface area (Å²) in [5, 5.41) is 10.4. The van der Waals surface area contributed by atoms with E-state index in [0.29, 0.717) is 6.54 Å². The van der Waals surface area contributed by atoms with Gasteiger partial charge in [-0.25, -0.2) is 4.68 Å². The van der Waals surface area contributed by atoms with Gasteiger partial charge in [-0.2, -0.15) is 0 Å². The number of fused-ring (bicyclic) bond motifs is 1. The minimum atomic E-state index is -0.763. The standard InChI is InChI=1S/C18H22N6O3/c1-5-24-14-7-6-11(2)8-12(14)16(18(24)27)19-17(26)13-9-23(21-20-13)10-15(25)22(3)4/h6-9,16H,5,10H2,1-4H3,(H,19,26). The summed E-state index contributed by atoms with van der Waals surface area (Å²) in [5.41, 5.74) is 2.63. The number of carbonyl (C=O) groups is 3. The molecule has 1 aliphatic heterocycles. The highest BCUT2D eigenvalue weighted by atomic mass is 16.2. The van der Waals surface area contributed by atoms with Gasteiger partial charge in [0, 0.05) is 31.9 Å². The summed E-state index contributed by atoms with van der Waals surface area (Å²) in [5.74, 6) is -0.857. The number of rotatable bonds is 5. The number of benzene rings is 1. The maximum Gasteiger partial charge on any atom is 0.274 e. The molecule has 9 nitrogen and oxygen atoms in total. The summed E-state index contributed by atoms with van der Waals surface area (Å²) in [6, 6.07) is 4.97. The monoisotopic (exact) mass is 370 g/mol. The van der Waals surface area contributed by atoms with Gasteiger partial charge >= 0.3 is 0 Å². The molecular weight excluding hydrogens is 348 g/mol. The molecule has 0 fully saturated rings. The van der Waals surface area contributed by atoms with Crippen molar-refractivity contribution in [2.45, 2.75) is 26.4 Å². The van der Waals surface area contributed by atoms with Crippen LogP contribution in [0.1, 0.15) is 34.6 Å². The topological polar surface area (TPSA) is 100 Å². The van der Waals surface area contributed by atoms with Gasteiger partial charge in [0.25, 0.3) is 11.8 Å². The molecule has 0 spiro atoms. The number of aryl methyl sites for hydroxylation is 1. The van der Waals surface area contributed by atoms with Crippen LogP contribution in [0.2, 0.25) is 0 Å². The highest BCUT2D eigenvalue weighted by molar-refractivity contribution is 6.07. The number of hydrogen-bond acceptors (Lipinski definition) is 5. The third kappa shape index (κ3) is 3.53. The number of amides is 3. The largest absolute Gasteiger partial charge is 0.347 e. The first-order valence-electron chi connectivity index (χ1n) is 8.65. The second kappa shape index (κ2) is 7.18. The van der Waals surface area contributed by atoms with Gasteiger partial charge in [0.15, 0.2) is 5.69 Å². The molecule has 1 aromatic heterocycles. The Morgan fingerprint density at radius 2 is 2.04 bits per heavy atom. The average Bonchev–Trinajstić information content (AvgIpc) is 3.18. The third-order valence-corrected chi connectivity index (χ3v) is 4.46. The fraction of sp³-hybridized carbons (Fsp3) is 0.389. The number of carbonyl (C=O) groups excluding carboxylic acids is 3. The van der Waals surface area contributed by atoms with Crippen molar-refractivity contribution in [3.63, 3.8) is 0 Å². The number of nitrogens with zero attached hydrogens (tertiary/aromatic N) is 5. The van der Waals surface area contributed by atoms with Crippen molar-refractivity contribution in [1.29, 1.82) is 0 Å². The Balaban J connectivity index is 1.79. The molecule has 1 aromatic carbocycles. The van der Waals surface area contributed by atoms with E-state index in [2.05, 4.69) is 15.6 Å². The highest BCUT2D eigenvalue weighted by Gasteiger charge is 2.37. The van der Waals surface area contributed by atoms with Crippen molar-refractivity contribution in [3.8, 4) is 0 Å². The lowest BCUT2D eigenvalue weighted by atomic mass is 10.1. The normalized spacial score (nSPS) is 15.6. The first kappa shape index (κ1) is 18.6. The van der Waals surface area contributed by atoms with Crippen LogP contribution in [0.5, 0.6) is 0 Å². The van der Waals surface area contributed by atoms with Crippen molar-refractivity contribution in [1.82, 2.24) is 25.2 Å². The SMILES string of the molecule is CCN1C(=O)C(NC(=O)c2cn(CC(=O)N(C)C)nn2)c2cc(C)ccc21. The van der Waals surface area contributed by atoms with Gasteiger partial charge < -0.3 is 15.1 Å². The molecule has 0 radical (unpaired) electrons. The zero-order chi connectivity index (χ0) is 19.7. The van der Waals surface area contributed by atoms with E-state index in [-0.39, 0.29) is 24.1 Å².